The highest BCUT2D eigenvalue weighted by Gasteiger charge is 2.10. The molecule has 0 spiro atoms. The van der Waals surface area contributed by atoms with Gasteiger partial charge < -0.3 is 9.30 Å². The molecule has 0 saturated carbocycles. The summed E-state index contributed by atoms with van der Waals surface area (Å²) in [4.78, 5) is 1.18. The molecule has 0 aromatic carbocycles. The molecule has 0 fully saturated rings. The van der Waals surface area contributed by atoms with Gasteiger partial charge in [-0.2, -0.15) is 0 Å². The molecule has 2 aromatic heterocycles. The number of thiophene rings is 1. The van der Waals surface area contributed by atoms with Gasteiger partial charge in [0.1, 0.15) is 6.33 Å². The van der Waals surface area contributed by atoms with Gasteiger partial charge in [0.25, 0.3) is 0 Å². The molecule has 5 heteroatoms. The van der Waals surface area contributed by atoms with Crippen LogP contribution >= 0.6 is 11.3 Å². The lowest BCUT2D eigenvalue weighted by Gasteiger charge is -2.04. The maximum atomic E-state index is 5.04. The highest BCUT2D eigenvalue weighted by atomic mass is 32.1. The van der Waals surface area contributed by atoms with Crippen molar-refractivity contribution in [3.63, 3.8) is 0 Å². The number of aryl methyl sites for hydroxylation is 1. The van der Waals surface area contributed by atoms with Gasteiger partial charge in [0.2, 0.25) is 0 Å². The molecule has 80 valence electrons. The van der Waals surface area contributed by atoms with E-state index >= 15 is 0 Å². The van der Waals surface area contributed by atoms with E-state index in [0.29, 0.717) is 6.61 Å². The monoisotopic (exact) mass is 223 g/mol. The van der Waals surface area contributed by atoms with Crippen molar-refractivity contribution in [1.29, 1.82) is 0 Å². The second-order valence-corrected chi connectivity index (χ2v) is 4.19. The summed E-state index contributed by atoms with van der Waals surface area (Å²) in [5.74, 6) is 0.930. The maximum absolute atomic E-state index is 5.04. The van der Waals surface area contributed by atoms with Crippen LogP contribution in [0.1, 0.15) is 5.56 Å². The molecule has 0 radical (unpaired) electrons. The van der Waals surface area contributed by atoms with E-state index in [4.69, 9.17) is 4.74 Å². The summed E-state index contributed by atoms with van der Waals surface area (Å²) >= 11 is 1.69. The SMILES string of the molecule is COCCn1cnnc1-c1sccc1C. The van der Waals surface area contributed by atoms with Gasteiger partial charge in [0, 0.05) is 13.7 Å². The molecule has 0 amide bonds. The molecule has 2 aromatic rings. The van der Waals surface area contributed by atoms with Crippen LogP contribution in [0, 0.1) is 6.92 Å². The summed E-state index contributed by atoms with van der Waals surface area (Å²) in [6, 6.07) is 2.09. The van der Waals surface area contributed by atoms with E-state index in [0.717, 1.165) is 12.4 Å². The quantitative estimate of drug-likeness (QED) is 0.795. The minimum absolute atomic E-state index is 0.676. The Hall–Kier alpha value is -1.20. The van der Waals surface area contributed by atoms with Gasteiger partial charge in [0.15, 0.2) is 5.82 Å². The standard InChI is InChI=1S/C10H13N3OS/c1-8-3-6-15-9(8)10-12-11-7-13(10)4-5-14-2/h3,6-7H,4-5H2,1-2H3. The predicted octanol–water partition coefficient (Wildman–Crippen LogP) is 1.96. The Morgan fingerprint density at radius 3 is 3.07 bits per heavy atom. The maximum Gasteiger partial charge on any atom is 0.174 e. The Bertz CT molecular complexity index is 435. The Balaban J connectivity index is 2.29. The summed E-state index contributed by atoms with van der Waals surface area (Å²) in [5.41, 5.74) is 1.24. The zero-order chi connectivity index (χ0) is 10.7. The minimum Gasteiger partial charge on any atom is -0.383 e. The second kappa shape index (κ2) is 4.55. The first-order valence-electron chi connectivity index (χ1n) is 4.74. The molecule has 0 bridgehead atoms. The van der Waals surface area contributed by atoms with Gasteiger partial charge in [-0.3, -0.25) is 0 Å². The fraction of sp³-hybridized carbons (Fsp3) is 0.400. The summed E-state index contributed by atoms with van der Waals surface area (Å²) in [7, 11) is 1.69. The fourth-order valence-electron chi connectivity index (χ4n) is 1.39. The van der Waals surface area contributed by atoms with Crippen LogP contribution in [0.25, 0.3) is 10.7 Å². The second-order valence-electron chi connectivity index (χ2n) is 3.27. The van der Waals surface area contributed by atoms with E-state index in [9.17, 15) is 0 Å². The Labute approximate surface area is 92.5 Å². The topological polar surface area (TPSA) is 39.9 Å². The number of hydrogen-bond acceptors (Lipinski definition) is 4. The van der Waals surface area contributed by atoms with Crippen LogP contribution in [0.3, 0.4) is 0 Å². The summed E-state index contributed by atoms with van der Waals surface area (Å²) in [6.45, 7) is 3.55. The normalized spacial score (nSPS) is 10.8. The molecule has 0 aliphatic rings. The van der Waals surface area contributed by atoms with Crippen LogP contribution in [0.4, 0.5) is 0 Å². The molecule has 0 aliphatic heterocycles. The largest absolute Gasteiger partial charge is 0.383 e. The summed E-state index contributed by atoms with van der Waals surface area (Å²) in [6.07, 6.45) is 1.74. The van der Waals surface area contributed by atoms with E-state index in [1.807, 2.05) is 4.57 Å². The van der Waals surface area contributed by atoms with Crippen molar-refractivity contribution in [3.05, 3.63) is 23.3 Å². The third-order valence-electron chi connectivity index (χ3n) is 2.22. The van der Waals surface area contributed by atoms with Gasteiger partial charge in [0.05, 0.1) is 11.5 Å². The average Bonchev–Trinajstić information content (AvgIpc) is 2.82. The Morgan fingerprint density at radius 2 is 2.40 bits per heavy atom. The number of aromatic nitrogens is 3. The van der Waals surface area contributed by atoms with Crippen LogP contribution in [0.5, 0.6) is 0 Å². The molecule has 0 aliphatic carbocycles. The van der Waals surface area contributed by atoms with E-state index in [-0.39, 0.29) is 0 Å². The van der Waals surface area contributed by atoms with Crippen molar-refractivity contribution >= 4 is 11.3 Å². The zero-order valence-electron chi connectivity index (χ0n) is 8.80. The summed E-state index contributed by atoms with van der Waals surface area (Å²) < 4.78 is 7.06. The average molecular weight is 223 g/mol. The molecule has 0 N–H and O–H groups in total. The first kappa shape index (κ1) is 10.3. The van der Waals surface area contributed by atoms with Crippen molar-refractivity contribution in [3.8, 4) is 10.7 Å². The Kier molecular flexibility index (Phi) is 3.13. The van der Waals surface area contributed by atoms with Crippen molar-refractivity contribution in [2.24, 2.45) is 0 Å². The third-order valence-corrected chi connectivity index (χ3v) is 3.23. The predicted molar refractivity (Wildman–Crippen MR) is 59.9 cm³/mol. The lowest BCUT2D eigenvalue weighted by atomic mass is 10.3. The van der Waals surface area contributed by atoms with Crippen LogP contribution in [-0.4, -0.2) is 28.5 Å². The number of nitrogens with zero attached hydrogens (tertiary/aromatic N) is 3. The number of ether oxygens (including phenoxy) is 1. The van der Waals surface area contributed by atoms with Gasteiger partial charge in [-0.15, -0.1) is 21.5 Å². The molecular weight excluding hydrogens is 210 g/mol. The molecule has 0 unspecified atom stereocenters. The first-order chi connectivity index (χ1) is 7.33. The Morgan fingerprint density at radius 1 is 1.53 bits per heavy atom. The van der Waals surface area contributed by atoms with Crippen molar-refractivity contribution in [2.75, 3.05) is 13.7 Å². The van der Waals surface area contributed by atoms with Gasteiger partial charge in [-0.25, -0.2) is 0 Å². The summed E-state index contributed by atoms with van der Waals surface area (Å²) in [5, 5.41) is 10.1. The lowest BCUT2D eigenvalue weighted by molar-refractivity contribution is 0.187. The smallest absolute Gasteiger partial charge is 0.174 e. The molecule has 15 heavy (non-hydrogen) atoms. The molecule has 2 heterocycles. The van der Waals surface area contributed by atoms with E-state index in [1.165, 1.54) is 10.4 Å². The van der Waals surface area contributed by atoms with Gasteiger partial charge in [-0.05, 0) is 23.9 Å². The first-order valence-corrected chi connectivity index (χ1v) is 5.62. The number of rotatable bonds is 4. The molecule has 2 rings (SSSR count). The third kappa shape index (κ3) is 2.08. The van der Waals surface area contributed by atoms with Gasteiger partial charge >= 0.3 is 0 Å². The minimum atomic E-state index is 0.676. The van der Waals surface area contributed by atoms with Crippen LogP contribution in [0.2, 0.25) is 0 Å². The molecule has 0 atom stereocenters. The van der Waals surface area contributed by atoms with Gasteiger partial charge in [-0.1, -0.05) is 0 Å². The molecule has 4 nitrogen and oxygen atoms in total. The van der Waals surface area contributed by atoms with Crippen LogP contribution < -0.4 is 0 Å². The van der Waals surface area contributed by atoms with E-state index < -0.39 is 0 Å². The van der Waals surface area contributed by atoms with E-state index in [1.54, 1.807) is 24.8 Å². The lowest BCUT2D eigenvalue weighted by Crippen LogP contribution is -2.04. The highest BCUT2D eigenvalue weighted by Crippen LogP contribution is 2.26. The zero-order valence-corrected chi connectivity index (χ0v) is 9.62. The van der Waals surface area contributed by atoms with Crippen molar-refractivity contribution < 1.29 is 4.74 Å². The van der Waals surface area contributed by atoms with Crippen molar-refractivity contribution in [1.82, 2.24) is 14.8 Å². The highest BCUT2D eigenvalue weighted by molar-refractivity contribution is 7.13. The molecular formula is C10H13N3OS. The molecule has 0 saturated heterocycles. The van der Waals surface area contributed by atoms with Crippen LogP contribution in [0.15, 0.2) is 17.8 Å². The van der Waals surface area contributed by atoms with Crippen LogP contribution in [-0.2, 0) is 11.3 Å². The number of methoxy groups -OCH3 is 1. The fourth-order valence-corrected chi connectivity index (χ4v) is 2.31. The van der Waals surface area contributed by atoms with E-state index in [2.05, 4.69) is 28.6 Å². The number of hydrogen-bond donors (Lipinski definition) is 0. The van der Waals surface area contributed by atoms with Crippen molar-refractivity contribution in [2.45, 2.75) is 13.5 Å².